The highest BCUT2D eigenvalue weighted by atomic mass is 35.5. The number of halogens is 1. The topological polar surface area (TPSA) is 81.2 Å². The Bertz CT molecular complexity index is 412. The molecule has 0 aromatic carbocycles. The van der Waals surface area contributed by atoms with Crippen LogP contribution in [0, 0.1) is 0 Å². The molecule has 1 rings (SSSR count). The third kappa shape index (κ3) is 5.26. The van der Waals surface area contributed by atoms with Gasteiger partial charge in [0.15, 0.2) is 0 Å². The van der Waals surface area contributed by atoms with Gasteiger partial charge in [0, 0.05) is 12.5 Å². The molecule has 0 aliphatic heterocycles. The smallest absolute Gasteiger partial charge is 0.306 e. The molecule has 0 aliphatic carbocycles. The molecule has 0 fully saturated rings. The molecule has 1 amide bonds. The van der Waals surface area contributed by atoms with Crippen molar-refractivity contribution in [2.24, 2.45) is 0 Å². The maximum Gasteiger partial charge on any atom is 0.306 e. The number of rotatable bonds is 5. The third-order valence-corrected chi connectivity index (χ3v) is 1.97. The highest BCUT2D eigenvalue weighted by Gasteiger charge is 2.08. The van der Waals surface area contributed by atoms with Gasteiger partial charge in [-0.05, 0) is 6.92 Å². The average molecular weight is 258 g/mol. The Morgan fingerprint density at radius 1 is 1.41 bits per heavy atom. The van der Waals surface area contributed by atoms with Crippen LogP contribution < -0.4 is 5.32 Å². The first-order valence-electron chi connectivity index (χ1n) is 5.05. The first-order valence-corrected chi connectivity index (χ1v) is 5.42. The summed E-state index contributed by atoms with van der Waals surface area (Å²) in [6.45, 7) is 2.02. The Kier molecular flexibility index (Phi) is 5.35. The maximum absolute atomic E-state index is 11.4. The van der Waals surface area contributed by atoms with Crippen LogP contribution in [0.2, 0.25) is 5.15 Å². The van der Waals surface area contributed by atoms with E-state index in [4.69, 9.17) is 16.3 Å². The number of ether oxygens (including phenoxy) is 1. The lowest BCUT2D eigenvalue weighted by Crippen LogP contribution is -2.15. The molecule has 1 heterocycles. The Morgan fingerprint density at radius 2 is 2.18 bits per heavy atom. The summed E-state index contributed by atoms with van der Waals surface area (Å²) in [5, 5.41) is 2.73. The number of nitrogens with zero attached hydrogens (tertiary/aromatic N) is 2. The summed E-state index contributed by atoms with van der Waals surface area (Å²) in [5.41, 5.74) is 0. The molecular formula is C10H12ClN3O3. The molecule has 1 N–H and O–H groups in total. The van der Waals surface area contributed by atoms with Crippen molar-refractivity contribution in [3.8, 4) is 0 Å². The van der Waals surface area contributed by atoms with Crippen molar-refractivity contribution < 1.29 is 14.3 Å². The fourth-order valence-electron chi connectivity index (χ4n) is 1.06. The van der Waals surface area contributed by atoms with E-state index in [1.54, 1.807) is 6.92 Å². The molecule has 0 saturated heterocycles. The van der Waals surface area contributed by atoms with E-state index in [1.807, 2.05) is 0 Å². The van der Waals surface area contributed by atoms with Gasteiger partial charge in [0.1, 0.15) is 17.3 Å². The molecule has 0 radical (unpaired) electrons. The highest BCUT2D eigenvalue weighted by Crippen LogP contribution is 2.09. The van der Waals surface area contributed by atoms with Crippen molar-refractivity contribution in [2.75, 3.05) is 11.9 Å². The van der Waals surface area contributed by atoms with E-state index < -0.39 is 5.97 Å². The van der Waals surface area contributed by atoms with Crippen LogP contribution in [0.5, 0.6) is 0 Å². The van der Waals surface area contributed by atoms with Crippen molar-refractivity contribution in [1.82, 2.24) is 9.97 Å². The molecule has 92 valence electrons. The zero-order valence-electron chi connectivity index (χ0n) is 9.27. The molecule has 0 spiro atoms. The number of aromatic nitrogens is 2. The van der Waals surface area contributed by atoms with Crippen LogP contribution in [0.1, 0.15) is 19.8 Å². The van der Waals surface area contributed by atoms with Crippen molar-refractivity contribution in [1.29, 1.82) is 0 Å². The minimum absolute atomic E-state index is 0.0402. The number of hydrogen-bond acceptors (Lipinski definition) is 5. The molecule has 0 bridgehead atoms. The maximum atomic E-state index is 11.4. The number of nitrogens with one attached hydrogen (secondary N) is 1. The third-order valence-electron chi connectivity index (χ3n) is 1.76. The second-order valence-electron chi connectivity index (χ2n) is 3.08. The molecule has 0 saturated carbocycles. The van der Waals surface area contributed by atoms with E-state index in [0.29, 0.717) is 12.4 Å². The van der Waals surface area contributed by atoms with Gasteiger partial charge in [0.05, 0.1) is 13.0 Å². The van der Waals surface area contributed by atoms with Crippen LogP contribution in [-0.4, -0.2) is 28.5 Å². The summed E-state index contributed by atoms with van der Waals surface area (Å²) >= 11 is 5.62. The van der Waals surface area contributed by atoms with Gasteiger partial charge >= 0.3 is 5.97 Å². The number of carbonyl (C=O) groups is 2. The van der Waals surface area contributed by atoms with Gasteiger partial charge < -0.3 is 10.1 Å². The standard InChI is InChI=1S/C10H12ClN3O3/c1-2-17-10(16)4-3-9(15)14-8-5-7(11)12-6-13-8/h5-6H,2-4H2,1H3,(H,12,13,14,15). The summed E-state index contributed by atoms with van der Waals surface area (Å²) in [5.74, 6) is -0.421. The van der Waals surface area contributed by atoms with E-state index in [1.165, 1.54) is 12.4 Å². The zero-order chi connectivity index (χ0) is 12.7. The second kappa shape index (κ2) is 6.80. The fraction of sp³-hybridized carbons (Fsp3) is 0.400. The number of anilines is 1. The summed E-state index contributed by atoms with van der Waals surface area (Å²) in [6, 6.07) is 1.42. The molecule has 7 heteroatoms. The van der Waals surface area contributed by atoms with Crippen LogP contribution in [0.3, 0.4) is 0 Å². The Balaban J connectivity index is 2.37. The number of amides is 1. The Morgan fingerprint density at radius 3 is 2.82 bits per heavy atom. The van der Waals surface area contributed by atoms with E-state index in [9.17, 15) is 9.59 Å². The summed E-state index contributed by atoms with van der Waals surface area (Å²) in [7, 11) is 0. The Hall–Kier alpha value is -1.69. The van der Waals surface area contributed by atoms with Gasteiger partial charge in [0.2, 0.25) is 5.91 Å². The lowest BCUT2D eigenvalue weighted by molar-refractivity contribution is -0.144. The summed E-state index contributed by atoms with van der Waals surface area (Å²) in [6.07, 6.45) is 1.32. The molecule has 1 aromatic heterocycles. The van der Waals surface area contributed by atoms with Crippen LogP contribution in [0.4, 0.5) is 5.82 Å². The Labute approximate surface area is 103 Å². The number of hydrogen-bond donors (Lipinski definition) is 1. The van der Waals surface area contributed by atoms with Gasteiger partial charge in [-0.2, -0.15) is 0 Å². The highest BCUT2D eigenvalue weighted by molar-refractivity contribution is 6.29. The van der Waals surface area contributed by atoms with Gasteiger partial charge in [-0.3, -0.25) is 9.59 Å². The van der Waals surface area contributed by atoms with E-state index in [2.05, 4.69) is 15.3 Å². The second-order valence-corrected chi connectivity index (χ2v) is 3.47. The first kappa shape index (κ1) is 13.4. The largest absolute Gasteiger partial charge is 0.466 e. The predicted molar refractivity (Wildman–Crippen MR) is 61.5 cm³/mol. The minimum Gasteiger partial charge on any atom is -0.466 e. The predicted octanol–water partition coefficient (Wildman–Crippen LogP) is 1.41. The lowest BCUT2D eigenvalue weighted by atomic mass is 10.3. The van der Waals surface area contributed by atoms with Crippen LogP contribution in [0.25, 0.3) is 0 Å². The molecule has 17 heavy (non-hydrogen) atoms. The SMILES string of the molecule is CCOC(=O)CCC(=O)Nc1cc(Cl)ncn1. The molecule has 0 unspecified atom stereocenters. The lowest BCUT2D eigenvalue weighted by Gasteiger charge is -2.04. The first-order chi connectivity index (χ1) is 8.11. The fourth-order valence-corrected chi connectivity index (χ4v) is 1.20. The monoisotopic (exact) mass is 257 g/mol. The molecule has 0 aliphatic rings. The van der Waals surface area contributed by atoms with E-state index in [-0.39, 0.29) is 23.9 Å². The van der Waals surface area contributed by atoms with E-state index >= 15 is 0 Å². The van der Waals surface area contributed by atoms with Gasteiger partial charge in [-0.25, -0.2) is 9.97 Å². The molecule has 0 atom stereocenters. The van der Waals surface area contributed by atoms with Crippen LogP contribution in [-0.2, 0) is 14.3 Å². The number of carbonyl (C=O) groups excluding carboxylic acids is 2. The molecule has 6 nitrogen and oxygen atoms in total. The average Bonchev–Trinajstić information content (AvgIpc) is 2.27. The zero-order valence-corrected chi connectivity index (χ0v) is 10.0. The van der Waals surface area contributed by atoms with Crippen molar-refractivity contribution >= 4 is 29.3 Å². The van der Waals surface area contributed by atoms with Crippen LogP contribution in [0.15, 0.2) is 12.4 Å². The van der Waals surface area contributed by atoms with Crippen molar-refractivity contribution in [3.63, 3.8) is 0 Å². The van der Waals surface area contributed by atoms with Crippen molar-refractivity contribution in [2.45, 2.75) is 19.8 Å². The van der Waals surface area contributed by atoms with Gasteiger partial charge in [-0.15, -0.1) is 0 Å². The van der Waals surface area contributed by atoms with Gasteiger partial charge in [-0.1, -0.05) is 11.6 Å². The normalized spacial score (nSPS) is 9.76. The number of esters is 1. The minimum atomic E-state index is -0.400. The quantitative estimate of drug-likeness (QED) is 0.637. The van der Waals surface area contributed by atoms with E-state index in [0.717, 1.165) is 0 Å². The summed E-state index contributed by atoms with van der Waals surface area (Å²) in [4.78, 5) is 29.9. The van der Waals surface area contributed by atoms with Gasteiger partial charge in [0.25, 0.3) is 0 Å². The molecule has 1 aromatic rings. The molecular weight excluding hydrogens is 246 g/mol. The van der Waals surface area contributed by atoms with Crippen molar-refractivity contribution in [3.05, 3.63) is 17.5 Å². The summed E-state index contributed by atoms with van der Waals surface area (Å²) < 4.78 is 4.70. The van der Waals surface area contributed by atoms with Crippen LogP contribution >= 0.6 is 11.6 Å².